The van der Waals surface area contributed by atoms with Gasteiger partial charge in [-0.1, -0.05) is 5.16 Å². The molecule has 0 spiro atoms. The quantitative estimate of drug-likeness (QED) is 0.321. The number of oxime groups is 1. The Bertz CT molecular complexity index is 309. The van der Waals surface area contributed by atoms with Gasteiger partial charge in [-0.3, -0.25) is 4.28 Å². The largest absolute Gasteiger partial charge is 0.444 e. The Kier molecular flexibility index (Phi) is 6.50. The van der Waals surface area contributed by atoms with Gasteiger partial charge in [0.15, 0.2) is 0 Å². The summed E-state index contributed by atoms with van der Waals surface area (Å²) in [5.41, 5.74) is 0.471. The first-order chi connectivity index (χ1) is 8.42. The predicted molar refractivity (Wildman–Crippen MR) is 78.3 cm³/mol. The second-order valence-corrected chi connectivity index (χ2v) is 6.32. The molecule has 0 unspecified atom stereocenters. The molecule has 104 valence electrons. The lowest BCUT2D eigenvalue weighted by molar-refractivity contribution is 0.0248. The summed E-state index contributed by atoms with van der Waals surface area (Å²) in [6.07, 6.45) is 1.12. The molecule has 0 aliphatic carbocycles. The summed E-state index contributed by atoms with van der Waals surface area (Å²) in [6.45, 7) is 6.78. The molecule has 0 bridgehead atoms. The molecule has 0 N–H and O–H groups in total. The summed E-state index contributed by atoms with van der Waals surface area (Å²) >= 11 is 2.52. The molecule has 1 saturated heterocycles. The number of carbonyl (C=O) groups excluding carboxylic acids is 1. The van der Waals surface area contributed by atoms with Crippen LogP contribution in [-0.2, 0) is 11.5 Å². The van der Waals surface area contributed by atoms with Crippen LogP contribution in [0.5, 0.6) is 0 Å². The first-order valence-electron chi connectivity index (χ1n) is 5.57. The van der Waals surface area contributed by atoms with E-state index in [2.05, 4.69) is 7.67 Å². The highest BCUT2D eigenvalue weighted by Gasteiger charge is 2.25. The zero-order valence-corrected chi connectivity index (χ0v) is 13.6. The van der Waals surface area contributed by atoms with E-state index in [1.807, 2.05) is 20.8 Å². The summed E-state index contributed by atoms with van der Waals surface area (Å²) in [7, 11) is 0. The summed E-state index contributed by atoms with van der Waals surface area (Å²) < 4.78 is 14.8. The maximum Gasteiger partial charge on any atom is 0.410 e. The third-order valence-electron chi connectivity index (χ3n) is 2.21. The molecule has 6 nitrogen and oxygen atoms in total. The smallest absolute Gasteiger partial charge is 0.410 e. The Morgan fingerprint density at radius 1 is 1.39 bits per heavy atom. The van der Waals surface area contributed by atoms with Crippen molar-refractivity contribution in [2.45, 2.75) is 39.2 Å². The van der Waals surface area contributed by atoms with Crippen LogP contribution < -0.4 is 0 Å². The van der Waals surface area contributed by atoms with Gasteiger partial charge in [0, 0.05) is 25.9 Å². The van der Waals surface area contributed by atoms with Gasteiger partial charge in [-0.25, -0.2) is 7.31 Å². The fourth-order valence-corrected chi connectivity index (χ4v) is 1.80. The van der Waals surface area contributed by atoms with Crippen molar-refractivity contribution >= 4 is 47.1 Å². The molecule has 0 aromatic carbocycles. The van der Waals surface area contributed by atoms with Gasteiger partial charge in [0.25, 0.3) is 12.3 Å². The van der Waals surface area contributed by atoms with Crippen molar-refractivity contribution in [1.29, 1.82) is 0 Å². The van der Waals surface area contributed by atoms with Crippen molar-refractivity contribution in [1.82, 2.24) is 4.90 Å². The lowest BCUT2D eigenvalue weighted by Crippen LogP contribution is -2.41. The van der Waals surface area contributed by atoms with Crippen LogP contribution in [0, 0.1) is 0 Å². The van der Waals surface area contributed by atoms with Gasteiger partial charge in [-0.2, -0.15) is 0 Å². The molecule has 1 rings (SSSR count). The van der Waals surface area contributed by atoms with Crippen molar-refractivity contribution in [2.24, 2.45) is 5.16 Å². The van der Waals surface area contributed by atoms with Crippen molar-refractivity contribution in [2.75, 3.05) is 13.1 Å². The first-order valence-corrected chi connectivity index (χ1v) is 7.12. The average Bonchev–Trinajstić information content (AvgIpc) is 2.28. The number of amides is 1. The fraction of sp³-hybridized carbons (Fsp3) is 0.800. The number of rotatable bonds is 3. The normalized spacial score (nSPS) is 16.4. The van der Waals surface area contributed by atoms with E-state index in [0.717, 1.165) is 18.0 Å². The molecule has 18 heavy (non-hydrogen) atoms. The molecule has 0 saturated carbocycles. The lowest BCUT2D eigenvalue weighted by atomic mass is 10.1. The predicted octanol–water partition coefficient (Wildman–Crippen LogP) is 3.32. The summed E-state index contributed by atoms with van der Waals surface area (Å²) in [5.74, 6) is 0. The molecule has 0 aromatic rings. The number of likely N-dealkylation sites (tertiary alicyclic amines) is 1. The van der Waals surface area contributed by atoms with Gasteiger partial charge >= 0.3 is 6.09 Å². The van der Waals surface area contributed by atoms with E-state index < -0.39 is 5.60 Å². The van der Waals surface area contributed by atoms with Crippen LogP contribution in [0.15, 0.2) is 5.16 Å². The number of piperidine rings is 1. The van der Waals surface area contributed by atoms with E-state index >= 15 is 0 Å². The standard InChI is InChI=1S/C10H17IN2O4S/c1-10(2,3)15-9(14)13-6-4-8(5-7-13)12-17-18-16-11/h4-7H2,1-3H3. The molecule has 1 fully saturated rings. The van der Waals surface area contributed by atoms with Crippen LogP contribution >= 0.6 is 35.3 Å². The zero-order chi connectivity index (χ0) is 13.6. The summed E-state index contributed by atoms with van der Waals surface area (Å²) in [5, 5.41) is 3.91. The highest BCUT2D eigenvalue weighted by Crippen LogP contribution is 2.16. The summed E-state index contributed by atoms with van der Waals surface area (Å²) in [6, 6.07) is 0. The maximum absolute atomic E-state index is 11.8. The molecular weight excluding hydrogens is 371 g/mol. The van der Waals surface area contributed by atoms with E-state index in [1.54, 1.807) is 27.9 Å². The van der Waals surface area contributed by atoms with E-state index in [9.17, 15) is 4.79 Å². The van der Waals surface area contributed by atoms with E-state index in [1.165, 1.54) is 0 Å². The van der Waals surface area contributed by atoms with Crippen LogP contribution in [0.1, 0.15) is 33.6 Å². The first kappa shape index (κ1) is 15.8. The number of hydrogen-bond donors (Lipinski definition) is 0. The summed E-state index contributed by atoms with van der Waals surface area (Å²) in [4.78, 5) is 13.5. The Hall–Kier alpha value is -0.220. The molecule has 8 heteroatoms. The Morgan fingerprint density at radius 2 is 2.00 bits per heavy atom. The minimum Gasteiger partial charge on any atom is -0.444 e. The van der Waals surface area contributed by atoms with Gasteiger partial charge in [-0.15, -0.1) is 0 Å². The molecule has 1 aliphatic rings. The van der Waals surface area contributed by atoms with Gasteiger partial charge in [0.2, 0.25) is 0 Å². The number of carbonyl (C=O) groups is 1. The van der Waals surface area contributed by atoms with Crippen LogP contribution in [0.2, 0.25) is 0 Å². The number of hydrogen-bond acceptors (Lipinski definition) is 6. The Balaban J connectivity index is 2.35. The van der Waals surface area contributed by atoms with Crippen LogP contribution in [0.3, 0.4) is 0 Å². The third kappa shape index (κ3) is 6.10. The Morgan fingerprint density at radius 3 is 2.50 bits per heavy atom. The third-order valence-corrected chi connectivity index (χ3v) is 2.84. The minimum atomic E-state index is -0.456. The van der Waals surface area contributed by atoms with Gasteiger partial charge in [-0.05, 0) is 20.8 Å². The maximum atomic E-state index is 11.8. The van der Waals surface area contributed by atoms with Crippen molar-refractivity contribution in [3.8, 4) is 0 Å². The lowest BCUT2D eigenvalue weighted by Gasteiger charge is -2.30. The van der Waals surface area contributed by atoms with E-state index in [4.69, 9.17) is 9.02 Å². The number of nitrogens with zero attached hydrogens (tertiary/aromatic N) is 2. The Labute approximate surface area is 125 Å². The molecular formula is C10H17IN2O4S. The second kappa shape index (κ2) is 7.39. The number of halogens is 1. The number of ether oxygens (including phenoxy) is 1. The molecule has 1 heterocycles. The van der Waals surface area contributed by atoms with Crippen LogP contribution in [0.25, 0.3) is 0 Å². The van der Waals surface area contributed by atoms with Crippen molar-refractivity contribution in [3.63, 3.8) is 0 Å². The zero-order valence-electron chi connectivity index (χ0n) is 10.6. The SMILES string of the molecule is CC(C)(C)OC(=O)N1CCC(=NOSOI)CC1. The molecule has 1 amide bonds. The van der Waals surface area contributed by atoms with Crippen molar-refractivity contribution < 1.29 is 16.3 Å². The second-order valence-electron chi connectivity index (χ2n) is 4.83. The van der Waals surface area contributed by atoms with Gasteiger partial charge in [0.05, 0.1) is 5.71 Å². The minimum absolute atomic E-state index is 0.271. The van der Waals surface area contributed by atoms with E-state index in [0.29, 0.717) is 25.9 Å². The van der Waals surface area contributed by atoms with E-state index in [-0.39, 0.29) is 6.09 Å². The topological polar surface area (TPSA) is 60.4 Å². The van der Waals surface area contributed by atoms with Crippen LogP contribution in [0.4, 0.5) is 4.79 Å². The molecule has 1 aliphatic heterocycles. The highest BCUT2D eigenvalue weighted by molar-refractivity contribution is 14.1. The van der Waals surface area contributed by atoms with Gasteiger partial charge < -0.3 is 9.64 Å². The van der Waals surface area contributed by atoms with Gasteiger partial charge in [0.1, 0.15) is 28.6 Å². The van der Waals surface area contributed by atoms with Crippen LogP contribution in [-0.4, -0.2) is 35.4 Å². The monoisotopic (exact) mass is 388 g/mol. The van der Waals surface area contributed by atoms with Crippen molar-refractivity contribution in [3.05, 3.63) is 0 Å². The highest BCUT2D eigenvalue weighted by atomic mass is 127. The average molecular weight is 388 g/mol. The molecule has 0 aromatic heterocycles. The molecule has 0 atom stereocenters. The fourth-order valence-electron chi connectivity index (χ4n) is 1.44. The molecule has 0 radical (unpaired) electrons.